The van der Waals surface area contributed by atoms with Crippen molar-refractivity contribution in [2.45, 2.75) is 6.54 Å². The van der Waals surface area contributed by atoms with Crippen LogP contribution in [0.1, 0.15) is 15.9 Å². The summed E-state index contributed by atoms with van der Waals surface area (Å²) in [5, 5.41) is 6.24. The lowest BCUT2D eigenvalue weighted by Gasteiger charge is -2.14. The van der Waals surface area contributed by atoms with Crippen LogP contribution in [0.25, 0.3) is 0 Å². The number of nitrogens with one attached hydrogen (secondary N) is 2. The van der Waals surface area contributed by atoms with Crippen LogP contribution in [0.2, 0.25) is 5.02 Å². The van der Waals surface area contributed by atoms with E-state index in [1.807, 2.05) is 30.3 Å². The van der Waals surface area contributed by atoms with Gasteiger partial charge in [-0.2, -0.15) is 0 Å². The van der Waals surface area contributed by atoms with E-state index in [0.717, 1.165) is 15.8 Å². The van der Waals surface area contributed by atoms with E-state index < -0.39 is 0 Å². The third-order valence-corrected chi connectivity index (χ3v) is 3.91. The molecule has 6 heteroatoms. The number of carbonyl (C=O) groups is 1. The van der Waals surface area contributed by atoms with Crippen molar-refractivity contribution in [3.05, 3.63) is 57.0 Å². The second-order valence-electron chi connectivity index (χ2n) is 4.59. The molecule has 116 valence electrons. The van der Waals surface area contributed by atoms with E-state index >= 15 is 0 Å². The summed E-state index contributed by atoms with van der Waals surface area (Å²) in [5.41, 5.74) is 2.18. The molecule has 0 heterocycles. The Balaban J connectivity index is 2.22. The van der Waals surface area contributed by atoms with Crippen LogP contribution in [0.4, 0.5) is 5.69 Å². The number of halogens is 2. The lowest BCUT2D eigenvalue weighted by Crippen LogP contribution is -2.20. The van der Waals surface area contributed by atoms with Crippen LogP contribution in [0, 0.1) is 0 Å². The van der Waals surface area contributed by atoms with E-state index in [1.54, 1.807) is 20.2 Å². The van der Waals surface area contributed by atoms with Gasteiger partial charge >= 0.3 is 0 Å². The van der Waals surface area contributed by atoms with E-state index in [9.17, 15) is 4.79 Å². The van der Waals surface area contributed by atoms with Crippen molar-refractivity contribution in [1.29, 1.82) is 0 Å². The molecule has 2 N–H and O–H groups in total. The van der Waals surface area contributed by atoms with Gasteiger partial charge in [-0.05, 0) is 29.8 Å². The monoisotopic (exact) mass is 382 g/mol. The first kappa shape index (κ1) is 16.6. The SMILES string of the molecule is CNC(=O)c1c(Cl)cc(Br)cc1NCc1ccc(OC)cc1. The molecule has 0 atom stereocenters. The first-order valence-electron chi connectivity index (χ1n) is 6.63. The van der Waals surface area contributed by atoms with Crippen molar-refractivity contribution in [3.63, 3.8) is 0 Å². The van der Waals surface area contributed by atoms with Crippen molar-refractivity contribution >= 4 is 39.1 Å². The van der Waals surface area contributed by atoms with E-state index in [4.69, 9.17) is 16.3 Å². The zero-order valence-electron chi connectivity index (χ0n) is 12.2. The van der Waals surface area contributed by atoms with E-state index in [0.29, 0.717) is 22.8 Å². The second-order valence-corrected chi connectivity index (χ2v) is 5.91. The van der Waals surface area contributed by atoms with Crippen LogP contribution in [-0.2, 0) is 6.54 Å². The summed E-state index contributed by atoms with van der Waals surface area (Å²) in [6.45, 7) is 0.570. The summed E-state index contributed by atoms with van der Waals surface area (Å²) in [5.74, 6) is 0.579. The van der Waals surface area contributed by atoms with Crippen molar-refractivity contribution < 1.29 is 9.53 Å². The number of ether oxygens (including phenoxy) is 1. The van der Waals surface area contributed by atoms with Crippen molar-refractivity contribution in [3.8, 4) is 5.75 Å². The highest BCUT2D eigenvalue weighted by atomic mass is 79.9. The van der Waals surface area contributed by atoms with Crippen molar-refractivity contribution in [2.24, 2.45) is 0 Å². The third kappa shape index (κ3) is 3.93. The summed E-state index contributed by atoms with van der Waals surface area (Å²) < 4.78 is 5.94. The fraction of sp³-hybridized carbons (Fsp3) is 0.188. The van der Waals surface area contributed by atoms with E-state index in [1.165, 1.54) is 0 Å². The Hall–Kier alpha value is -1.72. The van der Waals surface area contributed by atoms with Gasteiger partial charge in [0.05, 0.1) is 17.7 Å². The molecule has 0 fully saturated rings. The van der Waals surface area contributed by atoms with Gasteiger partial charge in [-0.3, -0.25) is 4.79 Å². The van der Waals surface area contributed by atoms with Gasteiger partial charge < -0.3 is 15.4 Å². The standard InChI is InChI=1S/C16H16BrClN2O2/c1-19-16(21)15-13(18)7-11(17)8-14(15)20-9-10-3-5-12(22-2)6-4-10/h3-8,20H,9H2,1-2H3,(H,19,21). The van der Waals surface area contributed by atoms with Crippen LogP contribution >= 0.6 is 27.5 Å². The molecular weight excluding hydrogens is 368 g/mol. The predicted octanol–water partition coefficient (Wildman–Crippen LogP) is 4.08. The van der Waals surface area contributed by atoms with Gasteiger partial charge in [0.2, 0.25) is 0 Å². The van der Waals surface area contributed by atoms with Gasteiger partial charge in [0, 0.05) is 23.8 Å². The molecule has 0 unspecified atom stereocenters. The minimum atomic E-state index is -0.227. The Morgan fingerprint density at radius 2 is 1.95 bits per heavy atom. The number of hydrogen-bond donors (Lipinski definition) is 2. The van der Waals surface area contributed by atoms with Crippen molar-refractivity contribution in [2.75, 3.05) is 19.5 Å². The number of benzene rings is 2. The molecule has 2 rings (SSSR count). The number of methoxy groups -OCH3 is 1. The zero-order valence-corrected chi connectivity index (χ0v) is 14.6. The predicted molar refractivity (Wildman–Crippen MR) is 92.9 cm³/mol. The molecule has 0 spiro atoms. The molecule has 0 saturated heterocycles. The number of carbonyl (C=O) groups excluding carboxylic acids is 1. The molecule has 2 aromatic carbocycles. The van der Waals surface area contributed by atoms with Gasteiger partial charge in [0.1, 0.15) is 5.75 Å². The van der Waals surface area contributed by atoms with Crippen LogP contribution in [0.5, 0.6) is 5.75 Å². The maximum atomic E-state index is 12.0. The molecule has 22 heavy (non-hydrogen) atoms. The number of amides is 1. The largest absolute Gasteiger partial charge is 0.497 e. The molecular formula is C16H16BrClN2O2. The second kappa shape index (κ2) is 7.51. The van der Waals surface area contributed by atoms with Gasteiger partial charge in [-0.1, -0.05) is 39.7 Å². The van der Waals surface area contributed by atoms with Gasteiger partial charge in [-0.15, -0.1) is 0 Å². The van der Waals surface area contributed by atoms with Gasteiger partial charge in [0.25, 0.3) is 5.91 Å². The number of rotatable bonds is 5. The quantitative estimate of drug-likeness (QED) is 0.818. The molecule has 0 bridgehead atoms. The topological polar surface area (TPSA) is 50.4 Å². The van der Waals surface area contributed by atoms with E-state index in [2.05, 4.69) is 26.6 Å². The molecule has 0 aliphatic heterocycles. The maximum Gasteiger partial charge on any atom is 0.254 e. The minimum absolute atomic E-state index is 0.227. The molecule has 2 aromatic rings. The average molecular weight is 384 g/mol. The Morgan fingerprint density at radius 1 is 1.27 bits per heavy atom. The van der Waals surface area contributed by atoms with E-state index in [-0.39, 0.29) is 5.91 Å². The Labute approximate surface area is 142 Å². The normalized spacial score (nSPS) is 10.2. The Morgan fingerprint density at radius 3 is 2.55 bits per heavy atom. The van der Waals surface area contributed by atoms with Crippen LogP contribution < -0.4 is 15.4 Å². The summed E-state index contributed by atoms with van der Waals surface area (Å²) >= 11 is 9.57. The van der Waals surface area contributed by atoms with Gasteiger partial charge in [0.15, 0.2) is 0 Å². The molecule has 4 nitrogen and oxygen atoms in total. The molecule has 0 saturated carbocycles. The molecule has 0 aromatic heterocycles. The summed E-state index contributed by atoms with van der Waals surface area (Å²) in [6, 6.07) is 11.2. The number of anilines is 1. The number of hydrogen-bond acceptors (Lipinski definition) is 3. The van der Waals surface area contributed by atoms with Crippen LogP contribution in [0.15, 0.2) is 40.9 Å². The van der Waals surface area contributed by atoms with Gasteiger partial charge in [-0.25, -0.2) is 0 Å². The Bertz CT molecular complexity index is 675. The highest BCUT2D eigenvalue weighted by Crippen LogP contribution is 2.30. The fourth-order valence-electron chi connectivity index (χ4n) is 2.01. The summed E-state index contributed by atoms with van der Waals surface area (Å²) in [7, 11) is 3.21. The van der Waals surface area contributed by atoms with Crippen LogP contribution in [0.3, 0.4) is 0 Å². The van der Waals surface area contributed by atoms with Crippen LogP contribution in [-0.4, -0.2) is 20.1 Å². The minimum Gasteiger partial charge on any atom is -0.497 e. The molecule has 1 amide bonds. The lowest BCUT2D eigenvalue weighted by atomic mass is 10.1. The molecule has 0 radical (unpaired) electrons. The Kier molecular flexibility index (Phi) is 5.69. The fourth-order valence-corrected chi connectivity index (χ4v) is 2.90. The van der Waals surface area contributed by atoms with Crippen molar-refractivity contribution in [1.82, 2.24) is 5.32 Å². The first-order chi connectivity index (χ1) is 10.5. The zero-order chi connectivity index (χ0) is 16.1. The lowest BCUT2D eigenvalue weighted by molar-refractivity contribution is 0.0964. The smallest absolute Gasteiger partial charge is 0.254 e. The highest BCUT2D eigenvalue weighted by Gasteiger charge is 2.15. The first-order valence-corrected chi connectivity index (χ1v) is 7.80. The highest BCUT2D eigenvalue weighted by molar-refractivity contribution is 9.10. The third-order valence-electron chi connectivity index (χ3n) is 3.15. The maximum absolute atomic E-state index is 12.0. The molecule has 0 aliphatic carbocycles. The average Bonchev–Trinajstić information content (AvgIpc) is 2.52. The summed E-state index contributed by atoms with van der Waals surface area (Å²) in [6.07, 6.45) is 0. The molecule has 0 aliphatic rings. The summed E-state index contributed by atoms with van der Waals surface area (Å²) in [4.78, 5) is 12.0.